The van der Waals surface area contributed by atoms with Crippen molar-refractivity contribution in [2.75, 3.05) is 5.73 Å². The SMILES string of the molecule is C=C1CCC(c2cc(N)n3ncc(-c4ccc(-c5ccccc5)nc4)c3n2)CC1. The van der Waals surface area contributed by atoms with Crippen LogP contribution in [0.2, 0.25) is 0 Å². The lowest BCUT2D eigenvalue weighted by Crippen LogP contribution is -2.11. The number of nitrogens with zero attached hydrogens (tertiary/aromatic N) is 4. The second kappa shape index (κ2) is 7.17. The molecule has 144 valence electrons. The molecule has 2 N–H and O–H groups in total. The van der Waals surface area contributed by atoms with Gasteiger partial charge in [0.25, 0.3) is 0 Å². The third kappa shape index (κ3) is 3.29. The third-order valence-corrected chi connectivity index (χ3v) is 5.77. The van der Waals surface area contributed by atoms with Crippen molar-refractivity contribution < 1.29 is 0 Å². The molecule has 1 aliphatic carbocycles. The highest BCUT2D eigenvalue weighted by Gasteiger charge is 2.21. The first-order chi connectivity index (χ1) is 14.2. The van der Waals surface area contributed by atoms with Crippen LogP contribution in [0.5, 0.6) is 0 Å². The summed E-state index contributed by atoms with van der Waals surface area (Å²) < 4.78 is 1.71. The van der Waals surface area contributed by atoms with Gasteiger partial charge in [-0.05, 0) is 31.7 Å². The average Bonchev–Trinajstić information content (AvgIpc) is 3.20. The molecule has 0 bridgehead atoms. The highest BCUT2D eigenvalue weighted by Crippen LogP contribution is 2.35. The Morgan fingerprint density at radius 1 is 0.966 bits per heavy atom. The predicted molar refractivity (Wildman–Crippen MR) is 116 cm³/mol. The van der Waals surface area contributed by atoms with E-state index in [9.17, 15) is 0 Å². The van der Waals surface area contributed by atoms with E-state index in [0.29, 0.717) is 11.7 Å². The minimum Gasteiger partial charge on any atom is -0.384 e. The Morgan fingerprint density at radius 3 is 2.48 bits per heavy atom. The van der Waals surface area contributed by atoms with Crippen molar-refractivity contribution in [2.24, 2.45) is 0 Å². The molecular formula is C24H23N5. The summed E-state index contributed by atoms with van der Waals surface area (Å²) in [4.78, 5) is 9.61. The van der Waals surface area contributed by atoms with Crippen LogP contribution in [0, 0.1) is 0 Å². The number of hydrogen-bond acceptors (Lipinski definition) is 4. The van der Waals surface area contributed by atoms with E-state index in [4.69, 9.17) is 10.7 Å². The van der Waals surface area contributed by atoms with Crippen LogP contribution in [0.3, 0.4) is 0 Å². The standard InChI is InChI=1S/C24H23N5/c1-16-7-9-18(10-8-16)22-13-23(25)29-24(28-22)20(15-27-29)19-11-12-21(26-14-19)17-5-3-2-4-6-17/h2-6,11-15,18H,1,7-10,25H2. The van der Waals surface area contributed by atoms with Crippen molar-refractivity contribution in [1.82, 2.24) is 19.6 Å². The summed E-state index contributed by atoms with van der Waals surface area (Å²) in [5, 5.41) is 4.46. The number of pyridine rings is 1. The number of rotatable bonds is 3. The van der Waals surface area contributed by atoms with Gasteiger partial charge in [0.1, 0.15) is 5.82 Å². The van der Waals surface area contributed by atoms with Crippen LogP contribution in [-0.2, 0) is 0 Å². The van der Waals surface area contributed by atoms with Crippen LogP contribution in [0.4, 0.5) is 5.82 Å². The molecule has 1 saturated carbocycles. The number of anilines is 1. The molecule has 1 fully saturated rings. The van der Waals surface area contributed by atoms with Gasteiger partial charge in [-0.25, -0.2) is 4.98 Å². The fourth-order valence-corrected chi connectivity index (χ4v) is 4.07. The number of benzene rings is 1. The number of hydrogen-bond donors (Lipinski definition) is 1. The number of aromatic nitrogens is 4. The van der Waals surface area contributed by atoms with E-state index >= 15 is 0 Å². The lowest BCUT2D eigenvalue weighted by atomic mass is 9.84. The van der Waals surface area contributed by atoms with E-state index in [2.05, 4.69) is 34.9 Å². The quantitative estimate of drug-likeness (QED) is 0.492. The Balaban J connectivity index is 1.52. The van der Waals surface area contributed by atoms with Crippen LogP contribution in [0.1, 0.15) is 37.3 Å². The van der Waals surface area contributed by atoms with Gasteiger partial charge in [-0.3, -0.25) is 4.98 Å². The van der Waals surface area contributed by atoms with Gasteiger partial charge in [0.15, 0.2) is 5.65 Å². The van der Waals surface area contributed by atoms with Crippen molar-refractivity contribution >= 4 is 11.5 Å². The second-order valence-electron chi connectivity index (χ2n) is 7.72. The van der Waals surface area contributed by atoms with Crippen LogP contribution in [0.25, 0.3) is 28.0 Å². The first-order valence-electron chi connectivity index (χ1n) is 10.0. The topological polar surface area (TPSA) is 69.1 Å². The molecule has 0 spiro atoms. The molecular weight excluding hydrogens is 358 g/mol. The highest BCUT2D eigenvalue weighted by molar-refractivity contribution is 5.78. The molecule has 0 amide bonds. The van der Waals surface area contributed by atoms with Gasteiger partial charge in [0, 0.05) is 40.6 Å². The molecule has 1 aromatic carbocycles. The van der Waals surface area contributed by atoms with E-state index in [1.807, 2.05) is 42.7 Å². The molecule has 1 aliphatic rings. The highest BCUT2D eigenvalue weighted by atomic mass is 15.3. The maximum Gasteiger partial charge on any atom is 0.165 e. The van der Waals surface area contributed by atoms with Crippen molar-refractivity contribution in [3.8, 4) is 22.4 Å². The molecule has 0 aliphatic heterocycles. The predicted octanol–water partition coefficient (Wildman–Crippen LogP) is 5.25. The average molecular weight is 381 g/mol. The smallest absolute Gasteiger partial charge is 0.165 e. The monoisotopic (exact) mass is 381 g/mol. The zero-order valence-electron chi connectivity index (χ0n) is 16.3. The molecule has 5 heteroatoms. The van der Waals surface area contributed by atoms with Crippen LogP contribution in [0.15, 0.2) is 73.1 Å². The van der Waals surface area contributed by atoms with Crippen molar-refractivity contribution in [3.05, 3.63) is 78.8 Å². The Kier molecular flexibility index (Phi) is 4.35. The molecule has 4 aromatic rings. The van der Waals surface area contributed by atoms with Gasteiger partial charge >= 0.3 is 0 Å². The molecule has 0 unspecified atom stereocenters. The summed E-state index contributed by atoms with van der Waals surface area (Å²) in [5.74, 6) is 1.05. The maximum absolute atomic E-state index is 6.31. The summed E-state index contributed by atoms with van der Waals surface area (Å²) >= 11 is 0. The van der Waals surface area contributed by atoms with E-state index in [0.717, 1.165) is 59.4 Å². The Morgan fingerprint density at radius 2 is 1.76 bits per heavy atom. The molecule has 0 atom stereocenters. The zero-order valence-corrected chi connectivity index (χ0v) is 16.3. The van der Waals surface area contributed by atoms with E-state index in [1.54, 1.807) is 4.52 Å². The molecule has 29 heavy (non-hydrogen) atoms. The van der Waals surface area contributed by atoms with Gasteiger partial charge in [-0.15, -0.1) is 0 Å². The molecule has 3 aromatic heterocycles. The minimum absolute atomic E-state index is 0.425. The van der Waals surface area contributed by atoms with Crippen LogP contribution < -0.4 is 5.73 Å². The van der Waals surface area contributed by atoms with E-state index in [1.165, 1.54) is 5.57 Å². The molecule has 3 heterocycles. The summed E-state index contributed by atoms with van der Waals surface area (Å²) in [6, 6.07) is 16.2. The molecule has 5 rings (SSSR count). The number of nitrogen functional groups attached to an aromatic ring is 1. The lowest BCUT2D eigenvalue weighted by Gasteiger charge is -2.23. The Hall–Kier alpha value is -3.47. The largest absolute Gasteiger partial charge is 0.384 e. The summed E-state index contributed by atoms with van der Waals surface area (Å²) in [5.41, 5.74) is 13.5. The van der Waals surface area contributed by atoms with E-state index in [-0.39, 0.29) is 0 Å². The first kappa shape index (κ1) is 17.6. The fourth-order valence-electron chi connectivity index (χ4n) is 4.07. The zero-order chi connectivity index (χ0) is 19.8. The summed E-state index contributed by atoms with van der Waals surface area (Å²) in [7, 11) is 0. The molecule has 0 radical (unpaired) electrons. The number of fused-ring (bicyclic) bond motifs is 1. The normalized spacial score (nSPS) is 15.1. The van der Waals surface area contributed by atoms with Crippen molar-refractivity contribution in [2.45, 2.75) is 31.6 Å². The second-order valence-corrected chi connectivity index (χ2v) is 7.72. The van der Waals surface area contributed by atoms with Crippen LogP contribution in [-0.4, -0.2) is 19.6 Å². The maximum atomic E-state index is 6.31. The van der Waals surface area contributed by atoms with E-state index < -0.39 is 0 Å². The number of nitrogens with two attached hydrogens (primary N) is 1. The summed E-state index contributed by atoms with van der Waals surface area (Å²) in [6.45, 7) is 4.12. The fraction of sp³-hybridized carbons (Fsp3) is 0.208. The minimum atomic E-state index is 0.425. The lowest BCUT2D eigenvalue weighted by molar-refractivity contribution is 0.508. The van der Waals surface area contributed by atoms with Gasteiger partial charge in [0.2, 0.25) is 0 Å². The third-order valence-electron chi connectivity index (χ3n) is 5.77. The molecule has 0 saturated heterocycles. The van der Waals surface area contributed by atoms with Gasteiger partial charge < -0.3 is 5.73 Å². The Labute approximate surface area is 169 Å². The van der Waals surface area contributed by atoms with Crippen molar-refractivity contribution in [1.29, 1.82) is 0 Å². The molecule has 5 nitrogen and oxygen atoms in total. The van der Waals surface area contributed by atoms with Gasteiger partial charge in [0.05, 0.1) is 11.9 Å². The first-order valence-corrected chi connectivity index (χ1v) is 10.0. The van der Waals surface area contributed by atoms with Crippen molar-refractivity contribution in [3.63, 3.8) is 0 Å². The summed E-state index contributed by atoms with van der Waals surface area (Å²) in [6.07, 6.45) is 8.00. The van der Waals surface area contributed by atoms with Crippen LogP contribution >= 0.6 is 0 Å². The number of allylic oxidation sites excluding steroid dienone is 1. The van der Waals surface area contributed by atoms with Gasteiger partial charge in [-0.1, -0.05) is 48.6 Å². The van der Waals surface area contributed by atoms with Gasteiger partial charge in [-0.2, -0.15) is 9.61 Å². The Bertz CT molecular complexity index is 1170.